The minimum absolute atomic E-state index is 0.335. The Morgan fingerprint density at radius 3 is 2.76 bits per heavy atom. The van der Waals surface area contributed by atoms with Crippen molar-refractivity contribution < 1.29 is 0 Å². The van der Waals surface area contributed by atoms with Crippen molar-refractivity contribution in [3.05, 3.63) is 36.4 Å². The monoisotopic (exact) mass is 233 g/mol. The van der Waals surface area contributed by atoms with E-state index in [2.05, 4.69) is 29.4 Å². The average molecular weight is 233 g/mol. The number of nitrogens with one attached hydrogen (secondary N) is 1. The molecule has 2 aromatic heterocycles. The Hall–Kier alpha value is -1.62. The first-order valence-corrected chi connectivity index (χ1v) is 5.87. The van der Waals surface area contributed by atoms with Crippen molar-refractivity contribution in [2.45, 2.75) is 32.5 Å². The van der Waals surface area contributed by atoms with E-state index in [1.807, 2.05) is 47.3 Å². The molecule has 2 heterocycles. The van der Waals surface area contributed by atoms with E-state index in [1.165, 1.54) is 5.56 Å². The lowest BCUT2D eigenvalue weighted by Gasteiger charge is -2.21. The summed E-state index contributed by atoms with van der Waals surface area (Å²) < 4.78 is 3.79. The molecule has 5 heteroatoms. The lowest BCUT2D eigenvalue weighted by Crippen LogP contribution is -2.33. The fourth-order valence-electron chi connectivity index (χ4n) is 1.76. The van der Waals surface area contributed by atoms with Crippen molar-refractivity contribution in [1.29, 1.82) is 0 Å². The predicted molar refractivity (Wildman–Crippen MR) is 66.4 cm³/mol. The molecule has 0 aliphatic rings. The molecule has 0 aliphatic heterocycles. The molecule has 0 aromatic carbocycles. The van der Waals surface area contributed by atoms with Crippen LogP contribution in [-0.2, 0) is 13.6 Å². The van der Waals surface area contributed by atoms with Gasteiger partial charge in [-0.05, 0) is 19.9 Å². The lowest BCUT2D eigenvalue weighted by molar-refractivity contribution is 0.365. The van der Waals surface area contributed by atoms with E-state index in [9.17, 15) is 0 Å². The van der Waals surface area contributed by atoms with Gasteiger partial charge in [0, 0.05) is 43.8 Å². The van der Waals surface area contributed by atoms with E-state index in [0.717, 1.165) is 6.54 Å². The Labute approximate surface area is 101 Å². The lowest BCUT2D eigenvalue weighted by atomic mass is 10.1. The first-order chi connectivity index (χ1) is 8.16. The Balaban J connectivity index is 1.87. The van der Waals surface area contributed by atoms with E-state index < -0.39 is 0 Å². The second kappa shape index (κ2) is 5.14. The van der Waals surface area contributed by atoms with Gasteiger partial charge in [0.25, 0.3) is 0 Å². The molecule has 0 fully saturated rings. The Morgan fingerprint density at radius 2 is 2.18 bits per heavy atom. The molecule has 0 unspecified atom stereocenters. The highest BCUT2D eigenvalue weighted by molar-refractivity contribution is 5.03. The maximum Gasteiger partial charge on any atom is 0.0641 e. The molecule has 0 saturated heterocycles. The summed E-state index contributed by atoms with van der Waals surface area (Å²) in [4.78, 5) is 0. The van der Waals surface area contributed by atoms with Gasteiger partial charge < -0.3 is 5.32 Å². The molecule has 17 heavy (non-hydrogen) atoms. The maximum absolute atomic E-state index is 4.26. The van der Waals surface area contributed by atoms with Crippen LogP contribution in [0.1, 0.15) is 25.5 Å². The van der Waals surface area contributed by atoms with Gasteiger partial charge in [-0.2, -0.15) is 10.2 Å². The molecule has 0 radical (unpaired) electrons. The summed E-state index contributed by atoms with van der Waals surface area (Å²) in [5, 5.41) is 11.9. The zero-order valence-electron chi connectivity index (χ0n) is 10.5. The first kappa shape index (κ1) is 11.9. The van der Waals surface area contributed by atoms with Gasteiger partial charge in [-0.3, -0.25) is 9.36 Å². The molecule has 0 bridgehead atoms. The first-order valence-electron chi connectivity index (χ1n) is 5.87. The van der Waals surface area contributed by atoms with E-state index in [4.69, 9.17) is 0 Å². The molecule has 2 atom stereocenters. The van der Waals surface area contributed by atoms with Gasteiger partial charge in [-0.25, -0.2) is 0 Å². The third kappa shape index (κ3) is 2.94. The topological polar surface area (TPSA) is 47.7 Å². The van der Waals surface area contributed by atoms with Crippen LogP contribution in [-0.4, -0.2) is 25.6 Å². The second-order valence-corrected chi connectivity index (χ2v) is 4.42. The summed E-state index contributed by atoms with van der Waals surface area (Å²) in [7, 11) is 1.93. The third-order valence-electron chi connectivity index (χ3n) is 3.05. The minimum atomic E-state index is 0.335. The van der Waals surface area contributed by atoms with Gasteiger partial charge in [0.2, 0.25) is 0 Å². The number of aryl methyl sites for hydroxylation is 1. The summed E-state index contributed by atoms with van der Waals surface area (Å²) in [5.74, 6) is 0. The molecule has 2 aromatic rings. The van der Waals surface area contributed by atoms with Crippen LogP contribution in [0.15, 0.2) is 30.9 Å². The summed E-state index contributed by atoms with van der Waals surface area (Å²) in [6, 6.07) is 2.64. The van der Waals surface area contributed by atoms with Crippen LogP contribution in [0.5, 0.6) is 0 Å². The van der Waals surface area contributed by atoms with Crippen LogP contribution < -0.4 is 5.32 Å². The zero-order chi connectivity index (χ0) is 12.3. The molecular weight excluding hydrogens is 214 g/mol. The molecule has 0 spiro atoms. The van der Waals surface area contributed by atoms with Gasteiger partial charge in [-0.1, -0.05) is 0 Å². The maximum atomic E-state index is 4.26. The van der Waals surface area contributed by atoms with Crippen LogP contribution in [0.25, 0.3) is 0 Å². The second-order valence-electron chi connectivity index (χ2n) is 4.42. The number of rotatable bonds is 5. The Bertz CT molecular complexity index is 445. The Kier molecular flexibility index (Phi) is 3.58. The van der Waals surface area contributed by atoms with Crippen LogP contribution in [0.3, 0.4) is 0 Å². The molecule has 2 rings (SSSR count). The summed E-state index contributed by atoms with van der Waals surface area (Å²) in [6.45, 7) is 5.16. The van der Waals surface area contributed by atoms with Crippen molar-refractivity contribution >= 4 is 0 Å². The van der Waals surface area contributed by atoms with Crippen molar-refractivity contribution in [2.24, 2.45) is 7.05 Å². The molecule has 0 aliphatic carbocycles. The molecule has 0 amide bonds. The van der Waals surface area contributed by atoms with Crippen LogP contribution >= 0.6 is 0 Å². The van der Waals surface area contributed by atoms with Crippen molar-refractivity contribution in [3.8, 4) is 0 Å². The highest BCUT2D eigenvalue weighted by Crippen LogP contribution is 2.09. The largest absolute Gasteiger partial charge is 0.308 e. The average Bonchev–Trinajstić information content (AvgIpc) is 2.95. The quantitative estimate of drug-likeness (QED) is 0.848. The summed E-state index contributed by atoms with van der Waals surface area (Å²) in [6.07, 6.45) is 7.72. The van der Waals surface area contributed by atoms with E-state index in [1.54, 1.807) is 0 Å². The highest BCUT2D eigenvalue weighted by Gasteiger charge is 2.13. The number of hydrogen-bond donors (Lipinski definition) is 1. The fraction of sp³-hybridized carbons (Fsp3) is 0.500. The SMILES string of the molecule is C[C@@H](NCc1cnn(C)c1)[C@H](C)n1cccn1. The molecule has 92 valence electrons. The van der Waals surface area contributed by atoms with Gasteiger partial charge in [0.15, 0.2) is 0 Å². The number of aromatic nitrogens is 4. The minimum Gasteiger partial charge on any atom is -0.308 e. The van der Waals surface area contributed by atoms with Crippen molar-refractivity contribution in [1.82, 2.24) is 24.9 Å². The van der Waals surface area contributed by atoms with Crippen LogP contribution in [0.4, 0.5) is 0 Å². The van der Waals surface area contributed by atoms with E-state index >= 15 is 0 Å². The van der Waals surface area contributed by atoms with Gasteiger partial charge >= 0.3 is 0 Å². The molecule has 5 nitrogen and oxygen atoms in total. The molecule has 0 saturated carbocycles. The van der Waals surface area contributed by atoms with E-state index in [-0.39, 0.29) is 0 Å². The molecular formula is C12H19N5. The fourth-order valence-corrected chi connectivity index (χ4v) is 1.76. The van der Waals surface area contributed by atoms with Crippen molar-refractivity contribution in [2.75, 3.05) is 0 Å². The van der Waals surface area contributed by atoms with Crippen molar-refractivity contribution in [3.63, 3.8) is 0 Å². The smallest absolute Gasteiger partial charge is 0.0641 e. The number of nitrogens with zero attached hydrogens (tertiary/aromatic N) is 4. The zero-order valence-corrected chi connectivity index (χ0v) is 10.5. The van der Waals surface area contributed by atoms with Crippen LogP contribution in [0.2, 0.25) is 0 Å². The molecule has 1 N–H and O–H groups in total. The standard InChI is InChI=1S/C12H19N5/c1-10(11(2)17-6-4-5-14-17)13-7-12-8-15-16(3)9-12/h4-6,8-11,13H,7H2,1-3H3/t10-,11+/m1/s1. The normalized spacial score (nSPS) is 14.8. The van der Waals surface area contributed by atoms with Gasteiger partial charge in [-0.15, -0.1) is 0 Å². The third-order valence-corrected chi connectivity index (χ3v) is 3.05. The Morgan fingerprint density at radius 1 is 1.35 bits per heavy atom. The summed E-state index contributed by atoms with van der Waals surface area (Å²) in [5.41, 5.74) is 1.20. The van der Waals surface area contributed by atoms with Gasteiger partial charge in [0.1, 0.15) is 0 Å². The highest BCUT2D eigenvalue weighted by atomic mass is 15.3. The predicted octanol–water partition coefficient (Wildman–Crippen LogP) is 1.36. The summed E-state index contributed by atoms with van der Waals surface area (Å²) >= 11 is 0. The van der Waals surface area contributed by atoms with Gasteiger partial charge in [0.05, 0.1) is 12.2 Å². The number of hydrogen-bond acceptors (Lipinski definition) is 3. The van der Waals surface area contributed by atoms with Crippen LogP contribution in [0, 0.1) is 0 Å². The van der Waals surface area contributed by atoms with E-state index in [0.29, 0.717) is 12.1 Å².